The number of hydrogen-bond acceptors (Lipinski definition) is 4. The van der Waals surface area contributed by atoms with Crippen LogP contribution in [0.1, 0.15) is 47.2 Å². The number of nitrogens with zero attached hydrogens (tertiary/aromatic N) is 1. The van der Waals surface area contributed by atoms with E-state index in [2.05, 4.69) is 15.0 Å². The van der Waals surface area contributed by atoms with Crippen molar-refractivity contribution in [3.63, 3.8) is 0 Å². The summed E-state index contributed by atoms with van der Waals surface area (Å²) in [4.78, 5) is 22.2. The Labute approximate surface area is 91.6 Å². The maximum atomic E-state index is 11.7. The van der Waals surface area contributed by atoms with Gasteiger partial charge in [0.2, 0.25) is 5.76 Å². The summed E-state index contributed by atoms with van der Waals surface area (Å²) in [6.07, 6.45) is 2.96. The number of nitrogens with one attached hydrogen (secondary N) is 1. The standard InChI is InChI=1S/C10H12N2O4/c1-10(3-2-4-10)11-8(13)6-5-7(9(14)15)16-12-6/h5H,2-4H2,1H3,(H,11,13)(H,14,15). The van der Waals surface area contributed by atoms with Crippen LogP contribution in [0.3, 0.4) is 0 Å². The van der Waals surface area contributed by atoms with Crippen molar-refractivity contribution in [2.24, 2.45) is 0 Å². The maximum Gasteiger partial charge on any atom is 0.374 e. The predicted octanol–water partition coefficient (Wildman–Crippen LogP) is 1.05. The van der Waals surface area contributed by atoms with Crippen molar-refractivity contribution in [2.45, 2.75) is 31.7 Å². The number of carbonyl (C=O) groups is 2. The van der Waals surface area contributed by atoms with Gasteiger partial charge in [0, 0.05) is 11.6 Å². The highest BCUT2D eigenvalue weighted by Gasteiger charge is 2.34. The Bertz CT molecular complexity index is 434. The monoisotopic (exact) mass is 224 g/mol. The van der Waals surface area contributed by atoms with Crippen LogP contribution in [0.5, 0.6) is 0 Å². The van der Waals surface area contributed by atoms with Crippen molar-refractivity contribution in [3.8, 4) is 0 Å². The zero-order chi connectivity index (χ0) is 11.8. The third-order valence-corrected chi connectivity index (χ3v) is 2.83. The van der Waals surface area contributed by atoms with Crippen LogP contribution in [0.4, 0.5) is 0 Å². The molecule has 1 amide bonds. The molecule has 0 radical (unpaired) electrons. The molecule has 86 valence electrons. The summed E-state index contributed by atoms with van der Waals surface area (Å²) in [6.45, 7) is 1.95. The third-order valence-electron chi connectivity index (χ3n) is 2.83. The van der Waals surface area contributed by atoms with E-state index in [0.29, 0.717) is 0 Å². The number of amides is 1. The Kier molecular flexibility index (Phi) is 2.41. The molecule has 6 nitrogen and oxygen atoms in total. The van der Waals surface area contributed by atoms with Crippen LogP contribution in [0.15, 0.2) is 10.6 Å². The Morgan fingerprint density at radius 3 is 2.69 bits per heavy atom. The molecule has 0 bridgehead atoms. The molecule has 1 aromatic heterocycles. The second-order valence-corrected chi connectivity index (χ2v) is 4.25. The highest BCUT2D eigenvalue weighted by atomic mass is 16.5. The lowest BCUT2D eigenvalue weighted by Crippen LogP contribution is -2.51. The summed E-state index contributed by atoms with van der Waals surface area (Å²) >= 11 is 0. The van der Waals surface area contributed by atoms with Crippen LogP contribution in [0, 0.1) is 0 Å². The van der Waals surface area contributed by atoms with Crippen molar-refractivity contribution >= 4 is 11.9 Å². The molecule has 0 aromatic carbocycles. The average Bonchev–Trinajstić information content (AvgIpc) is 2.64. The normalized spacial score (nSPS) is 17.6. The molecule has 0 saturated heterocycles. The first kappa shape index (κ1) is 10.7. The minimum atomic E-state index is -1.23. The highest BCUT2D eigenvalue weighted by molar-refractivity contribution is 5.95. The van der Waals surface area contributed by atoms with Gasteiger partial charge in [-0.1, -0.05) is 5.16 Å². The molecule has 0 atom stereocenters. The fourth-order valence-electron chi connectivity index (χ4n) is 1.65. The van der Waals surface area contributed by atoms with Gasteiger partial charge >= 0.3 is 5.97 Å². The summed E-state index contributed by atoms with van der Waals surface area (Å²) in [5.74, 6) is -1.95. The summed E-state index contributed by atoms with van der Waals surface area (Å²) in [7, 11) is 0. The molecule has 2 rings (SSSR count). The summed E-state index contributed by atoms with van der Waals surface area (Å²) < 4.78 is 4.50. The number of hydrogen-bond donors (Lipinski definition) is 2. The van der Waals surface area contributed by atoms with E-state index in [1.165, 1.54) is 0 Å². The van der Waals surface area contributed by atoms with Crippen molar-refractivity contribution < 1.29 is 19.2 Å². The van der Waals surface area contributed by atoms with Crippen molar-refractivity contribution in [2.75, 3.05) is 0 Å². The molecule has 16 heavy (non-hydrogen) atoms. The fourth-order valence-corrected chi connectivity index (χ4v) is 1.65. The van der Waals surface area contributed by atoms with Gasteiger partial charge in [-0.3, -0.25) is 4.79 Å². The lowest BCUT2D eigenvalue weighted by Gasteiger charge is -2.38. The first-order valence-corrected chi connectivity index (χ1v) is 5.03. The van der Waals surface area contributed by atoms with Crippen LogP contribution in [-0.2, 0) is 0 Å². The van der Waals surface area contributed by atoms with Gasteiger partial charge in [0.1, 0.15) is 0 Å². The Morgan fingerprint density at radius 2 is 2.25 bits per heavy atom. The van der Waals surface area contributed by atoms with E-state index in [1.54, 1.807) is 0 Å². The molecule has 1 saturated carbocycles. The molecule has 1 fully saturated rings. The molecule has 1 aliphatic rings. The summed E-state index contributed by atoms with van der Waals surface area (Å²) in [5.41, 5.74) is -0.176. The van der Waals surface area contributed by atoms with Crippen LogP contribution in [0.25, 0.3) is 0 Å². The number of aromatic carboxylic acids is 1. The van der Waals surface area contributed by atoms with Crippen LogP contribution < -0.4 is 5.32 Å². The smallest absolute Gasteiger partial charge is 0.374 e. The number of rotatable bonds is 3. The van der Waals surface area contributed by atoms with E-state index in [-0.39, 0.29) is 17.0 Å². The molecule has 0 unspecified atom stereocenters. The molecule has 1 aliphatic carbocycles. The second-order valence-electron chi connectivity index (χ2n) is 4.25. The Hall–Kier alpha value is -1.85. The zero-order valence-electron chi connectivity index (χ0n) is 8.82. The van der Waals surface area contributed by atoms with Crippen LogP contribution >= 0.6 is 0 Å². The van der Waals surface area contributed by atoms with E-state index in [0.717, 1.165) is 25.3 Å². The quantitative estimate of drug-likeness (QED) is 0.800. The predicted molar refractivity (Wildman–Crippen MR) is 53.2 cm³/mol. The second kappa shape index (κ2) is 3.62. The van der Waals surface area contributed by atoms with Crippen molar-refractivity contribution in [1.82, 2.24) is 10.5 Å². The minimum Gasteiger partial charge on any atom is -0.475 e. The fraction of sp³-hybridized carbons (Fsp3) is 0.500. The number of carboxylic acid groups (broad SMARTS) is 1. The first-order chi connectivity index (χ1) is 7.50. The average molecular weight is 224 g/mol. The van der Waals surface area contributed by atoms with E-state index >= 15 is 0 Å². The van der Waals surface area contributed by atoms with Gasteiger partial charge in [-0.25, -0.2) is 4.79 Å². The van der Waals surface area contributed by atoms with E-state index in [4.69, 9.17) is 5.11 Å². The lowest BCUT2D eigenvalue weighted by atomic mass is 9.78. The van der Waals surface area contributed by atoms with Crippen molar-refractivity contribution in [3.05, 3.63) is 17.5 Å². The van der Waals surface area contributed by atoms with E-state index in [1.807, 2.05) is 6.92 Å². The Morgan fingerprint density at radius 1 is 1.56 bits per heavy atom. The minimum absolute atomic E-state index is 0.00512. The molecular weight excluding hydrogens is 212 g/mol. The lowest BCUT2D eigenvalue weighted by molar-refractivity contribution is 0.0650. The molecule has 0 aliphatic heterocycles. The SMILES string of the molecule is CC1(NC(=O)c2cc(C(=O)O)on2)CCC1. The zero-order valence-corrected chi connectivity index (χ0v) is 8.82. The van der Waals surface area contributed by atoms with Gasteiger partial charge in [0.25, 0.3) is 5.91 Å². The molecule has 1 heterocycles. The molecular formula is C10H12N2O4. The largest absolute Gasteiger partial charge is 0.475 e. The van der Waals surface area contributed by atoms with Crippen LogP contribution in [0.2, 0.25) is 0 Å². The van der Waals surface area contributed by atoms with Gasteiger partial charge < -0.3 is 14.9 Å². The molecule has 2 N–H and O–H groups in total. The maximum absolute atomic E-state index is 11.7. The van der Waals surface area contributed by atoms with Gasteiger partial charge in [-0.2, -0.15) is 0 Å². The molecule has 6 heteroatoms. The van der Waals surface area contributed by atoms with E-state index < -0.39 is 11.9 Å². The number of carbonyl (C=O) groups excluding carboxylic acids is 1. The number of aromatic nitrogens is 1. The van der Waals surface area contributed by atoms with Crippen molar-refractivity contribution in [1.29, 1.82) is 0 Å². The van der Waals surface area contributed by atoms with E-state index in [9.17, 15) is 9.59 Å². The number of carboxylic acids is 1. The van der Waals surface area contributed by atoms with Gasteiger partial charge in [0.15, 0.2) is 5.69 Å². The van der Waals surface area contributed by atoms with Gasteiger partial charge in [0.05, 0.1) is 0 Å². The van der Waals surface area contributed by atoms with Crippen LogP contribution in [-0.4, -0.2) is 27.7 Å². The Balaban J connectivity index is 2.06. The molecule has 1 aromatic rings. The summed E-state index contributed by atoms with van der Waals surface area (Å²) in [6, 6.07) is 1.12. The first-order valence-electron chi connectivity index (χ1n) is 5.03. The summed E-state index contributed by atoms with van der Waals surface area (Å²) in [5, 5.41) is 14.8. The highest BCUT2D eigenvalue weighted by Crippen LogP contribution is 2.31. The topological polar surface area (TPSA) is 92.4 Å². The third kappa shape index (κ3) is 1.91. The van der Waals surface area contributed by atoms with Gasteiger partial charge in [-0.05, 0) is 26.2 Å². The van der Waals surface area contributed by atoms with Gasteiger partial charge in [-0.15, -0.1) is 0 Å². The molecule has 0 spiro atoms.